The SMILES string of the molecule is O=C(Cc1ccccc1O)N1C[C@@H](CN2CCOCC2)[C@@H](CO)C1. The minimum absolute atomic E-state index is 0.0134. The van der Waals surface area contributed by atoms with Crippen LogP contribution in [-0.2, 0) is 16.0 Å². The first-order chi connectivity index (χ1) is 11.7. The van der Waals surface area contributed by atoms with Crippen LogP contribution < -0.4 is 0 Å². The van der Waals surface area contributed by atoms with Gasteiger partial charge in [0.1, 0.15) is 5.75 Å². The number of aliphatic hydroxyl groups is 1. The van der Waals surface area contributed by atoms with Crippen molar-refractivity contribution in [3.05, 3.63) is 29.8 Å². The molecule has 3 rings (SSSR count). The van der Waals surface area contributed by atoms with Crippen LogP contribution in [0.15, 0.2) is 24.3 Å². The molecule has 1 amide bonds. The number of morpholine rings is 1. The molecule has 0 bridgehead atoms. The number of ether oxygens (including phenoxy) is 1. The molecule has 6 nitrogen and oxygen atoms in total. The second-order valence-electron chi connectivity index (χ2n) is 6.72. The second-order valence-corrected chi connectivity index (χ2v) is 6.72. The van der Waals surface area contributed by atoms with E-state index in [0.29, 0.717) is 24.6 Å². The second kappa shape index (κ2) is 7.96. The summed E-state index contributed by atoms with van der Waals surface area (Å²) in [5.74, 6) is 0.593. The van der Waals surface area contributed by atoms with E-state index in [1.165, 1.54) is 0 Å². The lowest BCUT2D eigenvalue weighted by molar-refractivity contribution is -0.129. The number of hydrogen-bond acceptors (Lipinski definition) is 5. The molecule has 2 N–H and O–H groups in total. The summed E-state index contributed by atoms with van der Waals surface area (Å²) < 4.78 is 5.38. The number of carbonyl (C=O) groups excluding carboxylic acids is 1. The normalized spacial score (nSPS) is 25.1. The minimum atomic E-state index is 0.0134. The van der Waals surface area contributed by atoms with Gasteiger partial charge in [-0.15, -0.1) is 0 Å². The van der Waals surface area contributed by atoms with Gasteiger partial charge >= 0.3 is 0 Å². The van der Waals surface area contributed by atoms with Crippen LogP contribution in [-0.4, -0.2) is 78.5 Å². The minimum Gasteiger partial charge on any atom is -0.508 e. The van der Waals surface area contributed by atoms with E-state index >= 15 is 0 Å². The van der Waals surface area contributed by atoms with Gasteiger partial charge in [-0.25, -0.2) is 0 Å². The molecule has 2 atom stereocenters. The van der Waals surface area contributed by atoms with Crippen molar-refractivity contribution >= 4 is 5.91 Å². The van der Waals surface area contributed by atoms with Crippen molar-refractivity contribution in [2.75, 3.05) is 52.5 Å². The maximum Gasteiger partial charge on any atom is 0.227 e. The van der Waals surface area contributed by atoms with Crippen LogP contribution in [0.4, 0.5) is 0 Å². The van der Waals surface area contributed by atoms with Crippen LogP contribution in [0.25, 0.3) is 0 Å². The van der Waals surface area contributed by atoms with Crippen molar-refractivity contribution in [1.29, 1.82) is 0 Å². The zero-order chi connectivity index (χ0) is 16.9. The van der Waals surface area contributed by atoms with Gasteiger partial charge < -0.3 is 19.8 Å². The molecule has 1 aromatic carbocycles. The van der Waals surface area contributed by atoms with Crippen LogP contribution in [0.5, 0.6) is 5.75 Å². The highest BCUT2D eigenvalue weighted by Gasteiger charge is 2.35. The molecule has 0 saturated carbocycles. The average molecular weight is 334 g/mol. The van der Waals surface area contributed by atoms with Gasteiger partial charge in [-0.2, -0.15) is 0 Å². The van der Waals surface area contributed by atoms with Gasteiger partial charge in [-0.3, -0.25) is 9.69 Å². The van der Waals surface area contributed by atoms with Crippen molar-refractivity contribution in [3.63, 3.8) is 0 Å². The number of likely N-dealkylation sites (tertiary alicyclic amines) is 1. The van der Waals surface area contributed by atoms with Gasteiger partial charge in [0.15, 0.2) is 0 Å². The summed E-state index contributed by atoms with van der Waals surface area (Å²) >= 11 is 0. The number of amides is 1. The molecule has 2 fully saturated rings. The first-order valence-corrected chi connectivity index (χ1v) is 8.63. The third-order valence-corrected chi connectivity index (χ3v) is 5.09. The molecule has 0 radical (unpaired) electrons. The number of rotatable bonds is 5. The monoisotopic (exact) mass is 334 g/mol. The molecule has 0 aromatic heterocycles. The molecule has 2 aliphatic rings. The van der Waals surface area contributed by atoms with Gasteiger partial charge in [0.25, 0.3) is 0 Å². The summed E-state index contributed by atoms with van der Waals surface area (Å²) in [5, 5.41) is 19.5. The number of aromatic hydroxyl groups is 1. The third kappa shape index (κ3) is 4.06. The number of carbonyl (C=O) groups is 1. The number of phenols is 1. The molecule has 2 aliphatic heterocycles. The predicted molar refractivity (Wildman–Crippen MR) is 89.7 cm³/mol. The van der Waals surface area contributed by atoms with E-state index < -0.39 is 0 Å². The fraction of sp³-hybridized carbons (Fsp3) is 0.611. The first-order valence-electron chi connectivity index (χ1n) is 8.63. The van der Waals surface area contributed by atoms with Crippen molar-refractivity contribution in [2.24, 2.45) is 11.8 Å². The average Bonchev–Trinajstić information content (AvgIpc) is 3.01. The van der Waals surface area contributed by atoms with Crippen molar-refractivity contribution in [3.8, 4) is 5.75 Å². The Hall–Kier alpha value is -1.63. The molecule has 6 heteroatoms. The van der Waals surface area contributed by atoms with E-state index in [4.69, 9.17) is 4.74 Å². The summed E-state index contributed by atoms with van der Waals surface area (Å²) in [6.45, 7) is 5.62. The highest BCUT2D eigenvalue weighted by Crippen LogP contribution is 2.26. The van der Waals surface area contributed by atoms with E-state index in [0.717, 1.165) is 32.8 Å². The molecule has 2 saturated heterocycles. The first kappa shape index (κ1) is 17.2. The number of nitrogens with zero attached hydrogens (tertiary/aromatic N) is 2. The van der Waals surface area contributed by atoms with E-state index in [2.05, 4.69) is 4.90 Å². The molecule has 0 unspecified atom stereocenters. The fourth-order valence-electron chi connectivity index (χ4n) is 3.61. The smallest absolute Gasteiger partial charge is 0.227 e. The molecule has 0 aliphatic carbocycles. The summed E-state index contributed by atoms with van der Waals surface area (Å²) in [4.78, 5) is 16.8. The highest BCUT2D eigenvalue weighted by molar-refractivity contribution is 5.79. The lowest BCUT2D eigenvalue weighted by Crippen LogP contribution is -2.41. The van der Waals surface area contributed by atoms with E-state index in [1.54, 1.807) is 18.2 Å². The molecule has 132 valence electrons. The van der Waals surface area contributed by atoms with Crippen molar-refractivity contribution in [1.82, 2.24) is 9.80 Å². The Morgan fingerprint density at radius 2 is 1.88 bits per heavy atom. The van der Waals surface area contributed by atoms with Crippen LogP contribution in [0.3, 0.4) is 0 Å². The Labute approximate surface area is 142 Å². The molecule has 0 spiro atoms. The quantitative estimate of drug-likeness (QED) is 0.812. The van der Waals surface area contributed by atoms with Crippen molar-refractivity contribution < 1.29 is 19.7 Å². The van der Waals surface area contributed by atoms with Crippen molar-refractivity contribution in [2.45, 2.75) is 6.42 Å². The van der Waals surface area contributed by atoms with Gasteiger partial charge in [0.2, 0.25) is 5.91 Å². The lowest BCUT2D eigenvalue weighted by Gasteiger charge is -2.30. The molecule has 1 aromatic rings. The lowest BCUT2D eigenvalue weighted by atomic mass is 9.96. The molecule has 24 heavy (non-hydrogen) atoms. The summed E-state index contributed by atoms with van der Waals surface area (Å²) in [6.07, 6.45) is 0.203. The van der Waals surface area contributed by atoms with Crippen LogP contribution in [0.2, 0.25) is 0 Å². The Morgan fingerprint density at radius 1 is 1.17 bits per heavy atom. The largest absolute Gasteiger partial charge is 0.508 e. The van der Waals surface area contributed by atoms with E-state index in [1.807, 2.05) is 11.0 Å². The van der Waals surface area contributed by atoms with Crippen LogP contribution in [0, 0.1) is 11.8 Å². The zero-order valence-corrected chi connectivity index (χ0v) is 13.9. The molecular weight excluding hydrogens is 308 g/mol. The summed E-state index contributed by atoms with van der Waals surface area (Å²) in [7, 11) is 0. The van der Waals surface area contributed by atoms with Gasteiger partial charge in [0.05, 0.1) is 19.6 Å². The number of hydrogen-bond donors (Lipinski definition) is 2. The zero-order valence-electron chi connectivity index (χ0n) is 13.9. The third-order valence-electron chi connectivity index (χ3n) is 5.09. The summed E-state index contributed by atoms with van der Waals surface area (Å²) in [6, 6.07) is 6.95. The maximum atomic E-state index is 12.6. The maximum absolute atomic E-state index is 12.6. The fourth-order valence-corrected chi connectivity index (χ4v) is 3.61. The molecular formula is C18H26N2O4. The standard InChI is InChI=1S/C18H26N2O4/c21-13-16-12-20(11-15(16)10-19-5-7-24-8-6-19)18(23)9-14-3-1-2-4-17(14)22/h1-4,15-16,21-22H,5-13H2/t15-,16-/m1/s1. The number of aliphatic hydroxyl groups excluding tert-OH is 1. The van der Waals surface area contributed by atoms with E-state index in [9.17, 15) is 15.0 Å². The van der Waals surface area contributed by atoms with Gasteiger partial charge in [-0.05, 0) is 12.0 Å². The van der Waals surface area contributed by atoms with Gasteiger partial charge in [0, 0.05) is 50.8 Å². The number of para-hydroxylation sites is 1. The predicted octanol–water partition coefficient (Wildman–Crippen LogP) is 0.334. The topological polar surface area (TPSA) is 73.2 Å². The number of phenolic OH excluding ortho intramolecular Hbond substituents is 1. The Bertz CT molecular complexity index is 560. The van der Waals surface area contributed by atoms with Gasteiger partial charge in [-0.1, -0.05) is 18.2 Å². The Balaban J connectivity index is 1.58. The summed E-state index contributed by atoms with van der Waals surface area (Å²) in [5.41, 5.74) is 0.652. The van der Waals surface area contributed by atoms with E-state index in [-0.39, 0.29) is 30.6 Å². The Morgan fingerprint density at radius 3 is 2.58 bits per heavy atom. The van der Waals surface area contributed by atoms with Crippen LogP contribution in [0.1, 0.15) is 5.56 Å². The highest BCUT2D eigenvalue weighted by atomic mass is 16.5. The number of benzene rings is 1. The Kier molecular flexibility index (Phi) is 5.71. The molecule has 2 heterocycles. The van der Waals surface area contributed by atoms with Crippen LogP contribution >= 0.6 is 0 Å².